The Labute approximate surface area is 123 Å². The summed E-state index contributed by atoms with van der Waals surface area (Å²) in [5.41, 5.74) is 2.78. The lowest BCUT2D eigenvalue weighted by atomic mass is 10.0. The number of rotatable bonds is 6. The van der Waals surface area contributed by atoms with Crippen molar-refractivity contribution in [3.05, 3.63) is 71.8 Å². The van der Waals surface area contributed by atoms with E-state index in [0.29, 0.717) is 12.1 Å². The van der Waals surface area contributed by atoms with Crippen molar-refractivity contribution in [2.75, 3.05) is 0 Å². The van der Waals surface area contributed by atoms with Crippen molar-refractivity contribution >= 4 is 0 Å². The van der Waals surface area contributed by atoms with E-state index in [1.54, 1.807) is 0 Å². The number of nitrogens with zero attached hydrogens (tertiary/aromatic N) is 1. The van der Waals surface area contributed by atoms with Crippen molar-refractivity contribution in [3.8, 4) is 0 Å². The maximum absolute atomic E-state index is 2.59. The number of hydrogen-bond acceptors (Lipinski definition) is 1. The topological polar surface area (TPSA) is 3.24 Å². The van der Waals surface area contributed by atoms with Crippen LogP contribution in [0, 0.1) is 0 Å². The lowest BCUT2D eigenvalue weighted by Crippen LogP contribution is -2.34. The summed E-state index contributed by atoms with van der Waals surface area (Å²) in [4.78, 5) is 2.59. The molecule has 0 fully saturated rings. The van der Waals surface area contributed by atoms with Crippen LogP contribution in [-0.4, -0.2) is 10.9 Å². The standard InChI is InChI=1S/C19H25N/c1-4-16(2)20(15-18-11-7-5-8-12-18)17(3)19-13-9-6-10-14-19/h5-14,16-17H,4,15H2,1-3H3/t16-,17+/m0/s1. The minimum Gasteiger partial charge on any atom is -0.290 e. The van der Waals surface area contributed by atoms with E-state index < -0.39 is 0 Å². The van der Waals surface area contributed by atoms with E-state index in [4.69, 9.17) is 0 Å². The van der Waals surface area contributed by atoms with Crippen LogP contribution in [0.25, 0.3) is 0 Å². The summed E-state index contributed by atoms with van der Waals surface area (Å²) in [5, 5.41) is 0. The average Bonchev–Trinajstić information content (AvgIpc) is 2.53. The van der Waals surface area contributed by atoms with Gasteiger partial charge in [0.1, 0.15) is 0 Å². The van der Waals surface area contributed by atoms with Crippen LogP contribution in [0.1, 0.15) is 44.4 Å². The van der Waals surface area contributed by atoms with Gasteiger partial charge in [-0.15, -0.1) is 0 Å². The minimum atomic E-state index is 0.436. The van der Waals surface area contributed by atoms with Crippen molar-refractivity contribution < 1.29 is 0 Å². The van der Waals surface area contributed by atoms with Gasteiger partial charge in [0.2, 0.25) is 0 Å². The molecule has 0 saturated carbocycles. The van der Waals surface area contributed by atoms with E-state index in [1.807, 2.05) is 0 Å². The van der Waals surface area contributed by atoms with Crippen molar-refractivity contribution in [1.29, 1.82) is 0 Å². The van der Waals surface area contributed by atoms with Gasteiger partial charge in [-0.05, 0) is 31.4 Å². The average molecular weight is 267 g/mol. The van der Waals surface area contributed by atoms with E-state index in [2.05, 4.69) is 86.3 Å². The monoisotopic (exact) mass is 267 g/mol. The fourth-order valence-corrected chi connectivity index (χ4v) is 2.63. The Morgan fingerprint density at radius 3 is 1.95 bits per heavy atom. The number of benzene rings is 2. The summed E-state index contributed by atoms with van der Waals surface area (Å²) < 4.78 is 0. The Hall–Kier alpha value is -1.60. The second-order valence-corrected chi connectivity index (χ2v) is 5.50. The Morgan fingerprint density at radius 2 is 1.40 bits per heavy atom. The molecule has 1 heteroatoms. The van der Waals surface area contributed by atoms with Gasteiger partial charge in [-0.3, -0.25) is 4.90 Å². The molecule has 0 saturated heterocycles. The van der Waals surface area contributed by atoms with Gasteiger partial charge in [-0.25, -0.2) is 0 Å². The molecule has 0 aliphatic carbocycles. The molecule has 0 amide bonds. The fraction of sp³-hybridized carbons (Fsp3) is 0.368. The van der Waals surface area contributed by atoms with E-state index >= 15 is 0 Å². The van der Waals surface area contributed by atoms with Crippen molar-refractivity contribution in [1.82, 2.24) is 4.90 Å². The van der Waals surface area contributed by atoms with E-state index in [1.165, 1.54) is 17.5 Å². The highest BCUT2D eigenvalue weighted by molar-refractivity contribution is 5.20. The van der Waals surface area contributed by atoms with Crippen LogP contribution in [0.15, 0.2) is 60.7 Å². The molecule has 0 unspecified atom stereocenters. The zero-order valence-electron chi connectivity index (χ0n) is 12.8. The molecule has 20 heavy (non-hydrogen) atoms. The first kappa shape index (κ1) is 14.8. The van der Waals surface area contributed by atoms with Crippen molar-refractivity contribution in [3.63, 3.8) is 0 Å². The van der Waals surface area contributed by atoms with Crippen LogP contribution >= 0.6 is 0 Å². The molecule has 0 bridgehead atoms. The molecule has 2 aromatic carbocycles. The molecular weight excluding hydrogens is 242 g/mol. The zero-order chi connectivity index (χ0) is 14.4. The summed E-state index contributed by atoms with van der Waals surface area (Å²) in [6, 6.07) is 22.6. The van der Waals surface area contributed by atoms with Gasteiger partial charge < -0.3 is 0 Å². The van der Waals surface area contributed by atoms with Gasteiger partial charge in [0.25, 0.3) is 0 Å². The van der Waals surface area contributed by atoms with Gasteiger partial charge >= 0.3 is 0 Å². The molecule has 1 nitrogen and oxygen atoms in total. The van der Waals surface area contributed by atoms with Crippen LogP contribution in [0.2, 0.25) is 0 Å². The molecule has 0 spiro atoms. The highest BCUT2D eigenvalue weighted by atomic mass is 15.2. The molecule has 0 radical (unpaired) electrons. The Morgan fingerprint density at radius 1 is 0.850 bits per heavy atom. The Bertz CT molecular complexity index is 492. The molecule has 0 heterocycles. The highest BCUT2D eigenvalue weighted by Gasteiger charge is 2.20. The summed E-state index contributed by atoms with van der Waals surface area (Å²) in [6.07, 6.45) is 1.17. The van der Waals surface area contributed by atoms with Gasteiger partial charge in [0, 0.05) is 18.6 Å². The van der Waals surface area contributed by atoms with E-state index in [0.717, 1.165) is 6.54 Å². The van der Waals surface area contributed by atoms with Crippen molar-refractivity contribution in [2.45, 2.75) is 45.8 Å². The molecule has 0 aromatic heterocycles. The van der Waals surface area contributed by atoms with E-state index in [9.17, 15) is 0 Å². The third-order valence-corrected chi connectivity index (χ3v) is 4.14. The molecule has 0 N–H and O–H groups in total. The summed E-state index contributed by atoms with van der Waals surface area (Å²) >= 11 is 0. The van der Waals surface area contributed by atoms with Gasteiger partial charge in [-0.2, -0.15) is 0 Å². The highest BCUT2D eigenvalue weighted by Crippen LogP contribution is 2.25. The molecule has 2 aromatic rings. The summed E-state index contributed by atoms with van der Waals surface area (Å²) in [7, 11) is 0. The van der Waals surface area contributed by atoms with Crippen LogP contribution in [-0.2, 0) is 6.54 Å². The zero-order valence-corrected chi connectivity index (χ0v) is 12.8. The third kappa shape index (κ3) is 3.71. The van der Waals surface area contributed by atoms with Crippen LogP contribution in [0.4, 0.5) is 0 Å². The molecule has 0 aliphatic heterocycles. The minimum absolute atomic E-state index is 0.436. The quantitative estimate of drug-likeness (QED) is 0.708. The first-order valence-electron chi connectivity index (χ1n) is 7.57. The SMILES string of the molecule is CC[C@H](C)N(Cc1ccccc1)[C@H](C)c1ccccc1. The Kier molecular flexibility index (Phi) is 5.37. The van der Waals surface area contributed by atoms with Gasteiger partial charge in [0.15, 0.2) is 0 Å². The molecule has 106 valence electrons. The van der Waals surface area contributed by atoms with Crippen LogP contribution in [0.3, 0.4) is 0 Å². The number of hydrogen-bond donors (Lipinski definition) is 0. The molecule has 2 atom stereocenters. The van der Waals surface area contributed by atoms with Gasteiger partial charge in [0.05, 0.1) is 0 Å². The van der Waals surface area contributed by atoms with E-state index in [-0.39, 0.29) is 0 Å². The third-order valence-electron chi connectivity index (χ3n) is 4.14. The lowest BCUT2D eigenvalue weighted by molar-refractivity contribution is 0.141. The summed E-state index contributed by atoms with van der Waals surface area (Å²) in [6.45, 7) is 7.90. The molecule has 0 aliphatic rings. The largest absolute Gasteiger partial charge is 0.290 e. The maximum atomic E-state index is 2.59. The fourth-order valence-electron chi connectivity index (χ4n) is 2.63. The maximum Gasteiger partial charge on any atom is 0.0326 e. The smallest absolute Gasteiger partial charge is 0.0326 e. The van der Waals surface area contributed by atoms with Crippen LogP contribution < -0.4 is 0 Å². The normalized spacial score (nSPS) is 14.2. The Balaban J connectivity index is 2.19. The second kappa shape index (κ2) is 7.25. The first-order chi connectivity index (χ1) is 9.72. The predicted octanol–water partition coefficient (Wildman–Crippen LogP) is 5.05. The lowest BCUT2D eigenvalue weighted by Gasteiger charge is -2.34. The summed E-state index contributed by atoms with van der Waals surface area (Å²) in [5.74, 6) is 0. The van der Waals surface area contributed by atoms with Crippen molar-refractivity contribution in [2.24, 2.45) is 0 Å². The first-order valence-corrected chi connectivity index (χ1v) is 7.57. The van der Waals surface area contributed by atoms with Gasteiger partial charge in [-0.1, -0.05) is 67.6 Å². The molecular formula is C19H25N. The predicted molar refractivity (Wildman–Crippen MR) is 86.6 cm³/mol. The second-order valence-electron chi connectivity index (χ2n) is 5.50. The van der Waals surface area contributed by atoms with Crippen LogP contribution in [0.5, 0.6) is 0 Å². The molecule has 2 rings (SSSR count).